The number of rotatable bonds is 7. The van der Waals surface area contributed by atoms with Crippen LogP contribution in [0, 0.1) is 0 Å². The Labute approximate surface area is 162 Å². The summed E-state index contributed by atoms with van der Waals surface area (Å²) >= 11 is 1.69. The summed E-state index contributed by atoms with van der Waals surface area (Å²) in [5.74, 6) is 0.357. The number of ether oxygens (including phenoxy) is 1. The zero-order valence-electron chi connectivity index (χ0n) is 15.5. The molecular weight excluding hydrogens is 360 g/mol. The Morgan fingerprint density at radius 3 is 2.56 bits per heavy atom. The maximum absolute atomic E-state index is 12.5. The van der Waals surface area contributed by atoms with Crippen LogP contribution in [-0.4, -0.2) is 48.5 Å². The lowest BCUT2D eigenvalue weighted by atomic mass is 10.1. The maximum Gasteiger partial charge on any atom is 0.251 e. The third-order valence-corrected chi connectivity index (χ3v) is 5.20. The molecule has 140 valence electrons. The van der Waals surface area contributed by atoms with Gasteiger partial charge in [0.05, 0.1) is 13.2 Å². The largest absolute Gasteiger partial charge is 0.479 e. The third-order valence-electron chi connectivity index (χ3n) is 4.23. The summed E-state index contributed by atoms with van der Waals surface area (Å²) < 4.78 is 5.24. The van der Waals surface area contributed by atoms with Crippen LogP contribution in [0.5, 0.6) is 5.88 Å². The van der Waals surface area contributed by atoms with Crippen molar-refractivity contribution in [3.05, 3.63) is 64.6 Å². The minimum atomic E-state index is -0.101. The number of benzene rings is 1. The monoisotopic (exact) mass is 382 g/mol. The zero-order chi connectivity index (χ0) is 19.2. The molecule has 7 heteroatoms. The van der Waals surface area contributed by atoms with Crippen molar-refractivity contribution in [3.8, 4) is 17.1 Å². The van der Waals surface area contributed by atoms with Crippen molar-refractivity contribution in [1.29, 1.82) is 0 Å². The lowest BCUT2D eigenvalue weighted by molar-refractivity contribution is 0.0942. The van der Waals surface area contributed by atoms with Crippen molar-refractivity contribution in [2.45, 2.75) is 6.04 Å². The predicted octanol–water partition coefficient (Wildman–Crippen LogP) is 3.25. The van der Waals surface area contributed by atoms with Gasteiger partial charge in [-0.3, -0.25) is 4.79 Å². The molecule has 0 aliphatic rings. The number of carbonyl (C=O) groups is 1. The molecule has 2 aromatic heterocycles. The normalized spacial score (nSPS) is 12.0. The van der Waals surface area contributed by atoms with Crippen LogP contribution in [0.25, 0.3) is 11.3 Å². The Hall–Kier alpha value is -2.77. The molecule has 0 saturated carbocycles. The highest BCUT2D eigenvalue weighted by molar-refractivity contribution is 7.10. The fourth-order valence-corrected chi connectivity index (χ4v) is 3.68. The summed E-state index contributed by atoms with van der Waals surface area (Å²) in [5, 5.41) is 5.07. The summed E-state index contributed by atoms with van der Waals surface area (Å²) in [6.45, 7) is 0.548. The van der Waals surface area contributed by atoms with Crippen molar-refractivity contribution >= 4 is 17.2 Å². The summed E-state index contributed by atoms with van der Waals surface area (Å²) in [6.07, 6.45) is 3.20. The van der Waals surface area contributed by atoms with E-state index in [0.717, 1.165) is 5.56 Å². The van der Waals surface area contributed by atoms with Crippen LogP contribution in [0.1, 0.15) is 21.3 Å². The Morgan fingerprint density at radius 2 is 1.93 bits per heavy atom. The summed E-state index contributed by atoms with van der Waals surface area (Å²) in [5.41, 5.74) is 2.10. The number of hydrogen-bond acceptors (Lipinski definition) is 6. The molecule has 1 N–H and O–H groups in total. The second-order valence-corrected chi connectivity index (χ2v) is 7.18. The van der Waals surface area contributed by atoms with E-state index in [2.05, 4.69) is 26.3 Å². The van der Waals surface area contributed by atoms with Gasteiger partial charge >= 0.3 is 0 Å². The Kier molecular flexibility index (Phi) is 6.16. The third kappa shape index (κ3) is 4.50. The first-order valence-electron chi connectivity index (χ1n) is 8.53. The van der Waals surface area contributed by atoms with Crippen LogP contribution in [0.3, 0.4) is 0 Å². The van der Waals surface area contributed by atoms with E-state index in [1.807, 2.05) is 37.7 Å². The smallest absolute Gasteiger partial charge is 0.251 e. The molecule has 0 aliphatic carbocycles. The SMILES string of the molecule is COc1nccnc1-c1ccc(C(=O)NCC(c2cccs2)N(C)C)cc1. The molecule has 0 saturated heterocycles. The molecule has 1 atom stereocenters. The number of nitrogens with zero attached hydrogens (tertiary/aromatic N) is 3. The maximum atomic E-state index is 12.5. The Balaban J connectivity index is 1.69. The molecular formula is C20H22N4O2S. The van der Waals surface area contributed by atoms with Gasteiger partial charge in [-0.15, -0.1) is 11.3 Å². The fourth-order valence-electron chi connectivity index (χ4n) is 2.76. The van der Waals surface area contributed by atoms with Crippen LogP contribution in [0.15, 0.2) is 54.2 Å². The van der Waals surface area contributed by atoms with E-state index in [1.54, 1.807) is 43.0 Å². The van der Waals surface area contributed by atoms with E-state index in [4.69, 9.17) is 4.74 Å². The van der Waals surface area contributed by atoms with Crippen LogP contribution in [-0.2, 0) is 0 Å². The van der Waals surface area contributed by atoms with Gasteiger partial charge in [0.25, 0.3) is 5.91 Å². The number of thiophene rings is 1. The number of likely N-dealkylation sites (N-methyl/N-ethyl adjacent to an activating group) is 1. The van der Waals surface area contributed by atoms with Gasteiger partial charge in [0, 0.05) is 34.9 Å². The molecule has 0 fully saturated rings. The molecule has 1 unspecified atom stereocenters. The number of carbonyl (C=O) groups excluding carboxylic acids is 1. The summed E-state index contributed by atoms with van der Waals surface area (Å²) in [7, 11) is 5.59. The van der Waals surface area contributed by atoms with Crippen molar-refractivity contribution in [3.63, 3.8) is 0 Å². The second-order valence-electron chi connectivity index (χ2n) is 6.20. The molecule has 1 amide bonds. The van der Waals surface area contributed by atoms with E-state index in [0.29, 0.717) is 23.7 Å². The number of nitrogens with one attached hydrogen (secondary N) is 1. The van der Waals surface area contributed by atoms with Gasteiger partial charge in [0.1, 0.15) is 5.69 Å². The topological polar surface area (TPSA) is 67.3 Å². The average Bonchev–Trinajstić information content (AvgIpc) is 3.22. The number of amides is 1. The van der Waals surface area contributed by atoms with Crippen molar-refractivity contribution in [2.24, 2.45) is 0 Å². The average molecular weight is 382 g/mol. The molecule has 1 aromatic carbocycles. The van der Waals surface area contributed by atoms with Gasteiger partial charge in [0.15, 0.2) is 0 Å². The highest BCUT2D eigenvalue weighted by atomic mass is 32.1. The Morgan fingerprint density at radius 1 is 1.19 bits per heavy atom. The minimum absolute atomic E-state index is 0.101. The van der Waals surface area contributed by atoms with Crippen LogP contribution in [0.2, 0.25) is 0 Å². The molecule has 0 aliphatic heterocycles. The van der Waals surface area contributed by atoms with E-state index < -0.39 is 0 Å². The second kappa shape index (κ2) is 8.75. The molecule has 6 nitrogen and oxygen atoms in total. The number of methoxy groups -OCH3 is 1. The van der Waals surface area contributed by atoms with Gasteiger partial charge < -0.3 is 15.0 Å². The van der Waals surface area contributed by atoms with Crippen LogP contribution in [0.4, 0.5) is 0 Å². The van der Waals surface area contributed by atoms with Gasteiger partial charge in [-0.25, -0.2) is 9.97 Å². The van der Waals surface area contributed by atoms with Crippen molar-refractivity contribution in [2.75, 3.05) is 27.7 Å². The van der Waals surface area contributed by atoms with Crippen molar-refractivity contribution < 1.29 is 9.53 Å². The molecule has 0 spiro atoms. The molecule has 0 bridgehead atoms. The van der Waals surface area contributed by atoms with Gasteiger partial charge in [-0.1, -0.05) is 18.2 Å². The molecule has 0 radical (unpaired) electrons. The highest BCUT2D eigenvalue weighted by Crippen LogP contribution is 2.25. The summed E-state index contributed by atoms with van der Waals surface area (Å²) in [6, 6.07) is 11.5. The van der Waals surface area contributed by atoms with E-state index in [-0.39, 0.29) is 11.9 Å². The van der Waals surface area contributed by atoms with Crippen LogP contribution < -0.4 is 10.1 Å². The zero-order valence-corrected chi connectivity index (χ0v) is 16.4. The Bertz CT molecular complexity index is 879. The van der Waals surface area contributed by atoms with Crippen LogP contribution >= 0.6 is 11.3 Å². The van der Waals surface area contributed by atoms with E-state index in [1.165, 1.54) is 4.88 Å². The molecule has 27 heavy (non-hydrogen) atoms. The van der Waals surface area contributed by atoms with E-state index in [9.17, 15) is 4.79 Å². The van der Waals surface area contributed by atoms with Gasteiger partial charge in [-0.2, -0.15) is 0 Å². The molecule has 3 rings (SSSR count). The first-order chi connectivity index (χ1) is 13.1. The quantitative estimate of drug-likeness (QED) is 0.679. The highest BCUT2D eigenvalue weighted by Gasteiger charge is 2.17. The standard InChI is InChI=1S/C20H22N4O2S/c1-24(2)16(17-5-4-12-27-17)13-23-19(25)15-8-6-14(7-9-15)18-20(26-3)22-11-10-21-18/h4-12,16H,13H2,1-3H3,(H,23,25). The summed E-state index contributed by atoms with van der Waals surface area (Å²) in [4.78, 5) is 24.3. The molecule has 2 heterocycles. The van der Waals surface area contributed by atoms with Gasteiger partial charge in [-0.05, 0) is 37.7 Å². The lowest BCUT2D eigenvalue weighted by Gasteiger charge is -2.23. The first kappa shape index (κ1) is 19.0. The lowest BCUT2D eigenvalue weighted by Crippen LogP contribution is -2.34. The van der Waals surface area contributed by atoms with E-state index >= 15 is 0 Å². The first-order valence-corrected chi connectivity index (χ1v) is 9.41. The molecule has 3 aromatic rings. The number of hydrogen-bond donors (Lipinski definition) is 1. The van der Waals surface area contributed by atoms with Crippen molar-refractivity contribution in [1.82, 2.24) is 20.2 Å². The fraction of sp³-hybridized carbons (Fsp3) is 0.250. The number of aromatic nitrogens is 2. The van der Waals surface area contributed by atoms with Gasteiger partial charge in [0.2, 0.25) is 5.88 Å². The predicted molar refractivity (Wildman–Crippen MR) is 107 cm³/mol. The minimum Gasteiger partial charge on any atom is -0.479 e.